The second-order valence-electron chi connectivity index (χ2n) is 6.26. The summed E-state index contributed by atoms with van der Waals surface area (Å²) in [5.41, 5.74) is 2.68. The molecule has 0 aliphatic heterocycles. The highest BCUT2D eigenvalue weighted by Crippen LogP contribution is 2.23. The fourth-order valence-electron chi connectivity index (χ4n) is 2.62. The number of aryl methyl sites for hydroxylation is 1. The molecule has 2 heterocycles. The average Bonchev–Trinajstić information content (AvgIpc) is 3.02. The lowest BCUT2D eigenvalue weighted by Crippen LogP contribution is -2.21. The summed E-state index contributed by atoms with van der Waals surface area (Å²) >= 11 is 0. The van der Waals surface area contributed by atoms with Gasteiger partial charge >= 0.3 is 18.1 Å². The van der Waals surface area contributed by atoms with E-state index in [-0.39, 0.29) is 12.4 Å². The van der Waals surface area contributed by atoms with E-state index in [1.807, 2.05) is 19.1 Å². The number of hydrogen-bond donors (Lipinski definition) is 2. The van der Waals surface area contributed by atoms with E-state index in [1.165, 1.54) is 12.1 Å². The number of nitrogens with one attached hydrogen (secondary N) is 1. The zero-order valence-corrected chi connectivity index (χ0v) is 16.5. The first-order chi connectivity index (χ1) is 14.5. The maximum Gasteiger partial charge on any atom is 0.490 e. The van der Waals surface area contributed by atoms with Crippen LogP contribution in [0.3, 0.4) is 0 Å². The number of alkyl halides is 3. The van der Waals surface area contributed by atoms with Crippen LogP contribution in [0.5, 0.6) is 0 Å². The van der Waals surface area contributed by atoms with Gasteiger partial charge in [-0.05, 0) is 37.3 Å². The Bertz CT molecular complexity index is 1080. The summed E-state index contributed by atoms with van der Waals surface area (Å²) in [6.45, 7) is 2.86. The van der Waals surface area contributed by atoms with Crippen molar-refractivity contribution in [3.63, 3.8) is 0 Å². The minimum atomic E-state index is -5.08. The van der Waals surface area contributed by atoms with Crippen LogP contribution >= 0.6 is 0 Å². The third kappa shape index (κ3) is 6.43. The van der Waals surface area contributed by atoms with E-state index in [4.69, 9.17) is 14.6 Å². The van der Waals surface area contributed by atoms with Crippen LogP contribution in [0.1, 0.15) is 23.0 Å². The van der Waals surface area contributed by atoms with E-state index in [2.05, 4.69) is 10.3 Å². The molecule has 0 spiro atoms. The summed E-state index contributed by atoms with van der Waals surface area (Å²) in [6, 6.07) is 8.04. The predicted octanol–water partition coefficient (Wildman–Crippen LogP) is 4.13. The quantitative estimate of drug-likeness (QED) is 0.457. The number of fused-ring (bicyclic) bond motifs is 1. The number of anilines is 1. The van der Waals surface area contributed by atoms with Crippen LogP contribution in [-0.4, -0.2) is 39.3 Å². The Hall–Kier alpha value is -3.63. The maximum atomic E-state index is 13.5. The Morgan fingerprint density at radius 3 is 2.52 bits per heavy atom. The summed E-state index contributed by atoms with van der Waals surface area (Å²) in [5, 5.41) is 10.8. The molecule has 3 aromatic rings. The number of aromatic nitrogens is 2. The fourth-order valence-corrected chi connectivity index (χ4v) is 2.62. The van der Waals surface area contributed by atoms with Crippen molar-refractivity contribution in [1.82, 2.24) is 9.55 Å². The molecule has 0 amide bonds. The topological polar surface area (TPSA) is 93.5 Å². The van der Waals surface area contributed by atoms with E-state index in [0.717, 1.165) is 17.7 Å². The largest absolute Gasteiger partial charge is 0.490 e. The molecule has 2 N–H and O–H groups in total. The number of halogens is 4. The molecule has 0 unspecified atom stereocenters. The van der Waals surface area contributed by atoms with E-state index in [9.17, 15) is 22.4 Å². The number of carbonyl (C=O) groups is 2. The monoisotopic (exact) mass is 441 g/mol. The zero-order valence-electron chi connectivity index (χ0n) is 16.5. The Labute approximate surface area is 174 Å². The number of carboxylic acid groups (broad SMARTS) is 1. The molecule has 1 aromatic carbocycles. The number of carboxylic acids is 1. The van der Waals surface area contributed by atoms with Gasteiger partial charge in [0.05, 0.1) is 11.3 Å². The normalized spacial score (nSPS) is 10.9. The molecule has 2 aromatic heterocycles. The SMILES string of the molecule is CCNc1ccnc(COC(=O)c2cn(C)c3ccc(F)cc23)c1.O=C(O)C(F)(F)F. The lowest BCUT2D eigenvalue weighted by molar-refractivity contribution is -0.192. The average molecular weight is 441 g/mol. The molecule has 166 valence electrons. The number of ether oxygens (including phenoxy) is 1. The Kier molecular flexibility index (Phi) is 7.56. The number of aliphatic carboxylic acids is 1. The fraction of sp³-hybridized carbons (Fsp3) is 0.250. The molecule has 0 atom stereocenters. The zero-order chi connectivity index (χ0) is 23.2. The van der Waals surface area contributed by atoms with Crippen LogP contribution < -0.4 is 5.32 Å². The van der Waals surface area contributed by atoms with E-state index in [0.29, 0.717) is 16.6 Å². The third-order valence-corrected chi connectivity index (χ3v) is 3.96. The molecular formula is C20H19F4N3O4. The first-order valence-electron chi connectivity index (χ1n) is 8.93. The van der Waals surface area contributed by atoms with Crippen molar-refractivity contribution in [1.29, 1.82) is 0 Å². The van der Waals surface area contributed by atoms with Crippen molar-refractivity contribution >= 4 is 28.5 Å². The molecule has 11 heteroatoms. The molecule has 0 aliphatic carbocycles. The van der Waals surface area contributed by atoms with Gasteiger partial charge in [-0.3, -0.25) is 4.98 Å². The number of rotatable bonds is 5. The summed E-state index contributed by atoms with van der Waals surface area (Å²) in [6.07, 6.45) is -1.77. The first kappa shape index (κ1) is 23.6. The van der Waals surface area contributed by atoms with Gasteiger partial charge in [0.1, 0.15) is 12.4 Å². The van der Waals surface area contributed by atoms with Crippen LogP contribution in [0, 0.1) is 5.82 Å². The molecule has 31 heavy (non-hydrogen) atoms. The minimum absolute atomic E-state index is 0.0593. The highest BCUT2D eigenvalue weighted by atomic mass is 19.4. The Balaban J connectivity index is 0.000000423. The molecule has 0 fully saturated rings. The number of pyridine rings is 1. The standard InChI is InChI=1S/C18H18FN3O2.C2HF3O2/c1-3-20-13-6-7-21-14(9-13)11-24-18(23)16-10-22(2)17-5-4-12(19)8-15(16)17;3-2(4,5)1(6)7/h4-10H,3,11H2,1-2H3,(H,20,21);(H,6,7). The van der Waals surface area contributed by atoms with Gasteiger partial charge in [0.2, 0.25) is 0 Å². The van der Waals surface area contributed by atoms with Crippen molar-refractivity contribution in [2.75, 3.05) is 11.9 Å². The lowest BCUT2D eigenvalue weighted by Gasteiger charge is -2.06. The van der Waals surface area contributed by atoms with Crippen molar-refractivity contribution in [3.8, 4) is 0 Å². The third-order valence-electron chi connectivity index (χ3n) is 3.96. The van der Waals surface area contributed by atoms with Gasteiger partial charge in [0.25, 0.3) is 0 Å². The number of carbonyl (C=O) groups excluding carboxylic acids is 1. The molecule has 3 rings (SSSR count). The lowest BCUT2D eigenvalue weighted by atomic mass is 10.2. The van der Waals surface area contributed by atoms with Crippen LogP contribution in [-0.2, 0) is 23.2 Å². The van der Waals surface area contributed by atoms with Crippen LogP contribution in [0.15, 0.2) is 42.7 Å². The second-order valence-corrected chi connectivity index (χ2v) is 6.26. The van der Waals surface area contributed by atoms with Gasteiger partial charge in [-0.15, -0.1) is 0 Å². The molecule has 7 nitrogen and oxygen atoms in total. The van der Waals surface area contributed by atoms with Gasteiger partial charge in [-0.1, -0.05) is 0 Å². The van der Waals surface area contributed by atoms with Crippen molar-refractivity contribution < 1.29 is 37.0 Å². The van der Waals surface area contributed by atoms with Gasteiger partial charge in [-0.25, -0.2) is 14.0 Å². The summed E-state index contributed by atoms with van der Waals surface area (Å²) in [4.78, 5) is 25.4. The van der Waals surface area contributed by atoms with Crippen LogP contribution in [0.25, 0.3) is 10.9 Å². The molecule has 0 radical (unpaired) electrons. The summed E-state index contributed by atoms with van der Waals surface area (Å²) in [7, 11) is 1.80. The Morgan fingerprint density at radius 1 is 1.23 bits per heavy atom. The number of esters is 1. The first-order valence-corrected chi connectivity index (χ1v) is 8.93. The van der Waals surface area contributed by atoms with Gasteiger partial charge in [0.15, 0.2) is 0 Å². The smallest absolute Gasteiger partial charge is 0.475 e. The minimum Gasteiger partial charge on any atom is -0.475 e. The highest BCUT2D eigenvalue weighted by Gasteiger charge is 2.38. The number of nitrogens with zero attached hydrogens (tertiary/aromatic N) is 2. The maximum absolute atomic E-state index is 13.5. The van der Waals surface area contributed by atoms with Crippen LogP contribution in [0.4, 0.5) is 23.2 Å². The molecular weight excluding hydrogens is 422 g/mol. The molecule has 0 bridgehead atoms. The van der Waals surface area contributed by atoms with Crippen LogP contribution in [0.2, 0.25) is 0 Å². The number of benzene rings is 1. The van der Waals surface area contributed by atoms with Crippen molar-refractivity contribution in [2.24, 2.45) is 7.05 Å². The molecule has 0 aliphatic rings. The Morgan fingerprint density at radius 2 is 1.90 bits per heavy atom. The number of hydrogen-bond acceptors (Lipinski definition) is 5. The predicted molar refractivity (Wildman–Crippen MR) is 104 cm³/mol. The van der Waals surface area contributed by atoms with E-state index in [1.54, 1.807) is 30.1 Å². The summed E-state index contributed by atoms with van der Waals surface area (Å²) < 4.78 is 52.3. The van der Waals surface area contributed by atoms with Gasteiger partial charge < -0.3 is 19.7 Å². The van der Waals surface area contributed by atoms with Crippen molar-refractivity contribution in [2.45, 2.75) is 19.7 Å². The van der Waals surface area contributed by atoms with Gasteiger partial charge in [-0.2, -0.15) is 13.2 Å². The molecule has 0 saturated carbocycles. The molecule has 0 saturated heterocycles. The van der Waals surface area contributed by atoms with E-state index >= 15 is 0 Å². The highest BCUT2D eigenvalue weighted by molar-refractivity contribution is 6.04. The summed E-state index contributed by atoms with van der Waals surface area (Å²) in [5.74, 6) is -3.64. The second kappa shape index (κ2) is 9.92. The van der Waals surface area contributed by atoms with E-state index < -0.39 is 18.1 Å². The van der Waals surface area contributed by atoms with Crippen molar-refractivity contribution in [3.05, 3.63) is 59.8 Å². The van der Waals surface area contributed by atoms with Gasteiger partial charge in [0, 0.05) is 42.6 Å².